The Morgan fingerprint density at radius 1 is 1.09 bits per heavy atom. The molecule has 1 saturated heterocycles. The highest BCUT2D eigenvalue weighted by Gasteiger charge is 2.46. The van der Waals surface area contributed by atoms with Gasteiger partial charge in [-0.25, -0.2) is 0 Å². The summed E-state index contributed by atoms with van der Waals surface area (Å²) in [5.74, 6) is -0.778. The first kappa shape index (κ1) is 22.6. The highest BCUT2D eigenvalue weighted by atomic mass is 16.5. The molecule has 2 heterocycles. The SMILES string of the molecule is CCCOc1ccc(C2/C(=C(/O)c3c[nH]c4ccccc34)C(=O)C(=O)N2CCCOC)cc1. The molecule has 2 aromatic carbocycles. The van der Waals surface area contributed by atoms with E-state index in [1.807, 2.05) is 55.5 Å². The fraction of sp³-hybridized carbons (Fsp3) is 0.308. The zero-order valence-corrected chi connectivity index (χ0v) is 18.8. The minimum Gasteiger partial charge on any atom is -0.507 e. The predicted octanol–water partition coefficient (Wildman–Crippen LogP) is 4.41. The first-order valence-electron chi connectivity index (χ1n) is 11.1. The number of aliphatic hydroxyl groups is 1. The Hall–Kier alpha value is -3.58. The number of aliphatic hydroxyl groups excluding tert-OH is 1. The molecule has 0 spiro atoms. The largest absolute Gasteiger partial charge is 0.507 e. The van der Waals surface area contributed by atoms with Gasteiger partial charge in [0.25, 0.3) is 11.7 Å². The van der Waals surface area contributed by atoms with Crippen molar-refractivity contribution in [3.63, 3.8) is 0 Å². The predicted molar refractivity (Wildman–Crippen MR) is 126 cm³/mol. The number of ether oxygens (including phenoxy) is 2. The van der Waals surface area contributed by atoms with Crippen LogP contribution in [0.5, 0.6) is 5.75 Å². The molecule has 1 amide bonds. The zero-order valence-electron chi connectivity index (χ0n) is 18.8. The molecule has 172 valence electrons. The fourth-order valence-electron chi connectivity index (χ4n) is 4.22. The Morgan fingerprint density at radius 2 is 1.85 bits per heavy atom. The van der Waals surface area contributed by atoms with Crippen molar-refractivity contribution >= 4 is 28.4 Å². The summed E-state index contributed by atoms with van der Waals surface area (Å²) < 4.78 is 10.8. The normalized spacial score (nSPS) is 17.8. The Labute approximate surface area is 192 Å². The van der Waals surface area contributed by atoms with Crippen molar-refractivity contribution in [2.24, 2.45) is 0 Å². The van der Waals surface area contributed by atoms with Gasteiger partial charge in [0.15, 0.2) is 0 Å². The molecule has 1 aliphatic heterocycles. The van der Waals surface area contributed by atoms with E-state index in [2.05, 4.69) is 4.98 Å². The van der Waals surface area contributed by atoms with Crippen LogP contribution in [0.4, 0.5) is 0 Å². The number of carbonyl (C=O) groups excluding carboxylic acids is 2. The number of aromatic amines is 1. The average Bonchev–Trinajstić information content (AvgIpc) is 3.38. The molecule has 1 unspecified atom stereocenters. The van der Waals surface area contributed by atoms with Crippen molar-refractivity contribution in [3.8, 4) is 5.75 Å². The van der Waals surface area contributed by atoms with E-state index in [0.717, 1.165) is 22.9 Å². The van der Waals surface area contributed by atoms with E-state index in [4.69, 9.17) is 9.47 Å². The Morgan fingerprint density at radius 3 is 2.58 bits per heavy atom. The smallest absolute Gasteiger partial charge is 0.295 e. The number of likely N-dealkylation sites (tertiary alicyclic amines) is 1. The van der Waals surface area contributed by atoms with E-state index in [0.29, 0.717) is 37.5 Å². The lowest BCUT2D eigenvalue weighted by atomic mass is 9.95. The molecular weight excluding hydrogens is 420 g/mol. The van der Waals surface area contributed by atoms with Crippen molar-refractivity contribution in [3.05, 3.63) is 71.4 Å². The summed E-state index contributed by atoms with van der Waals surface area (Å²) in [5.41, 5.74) is 2.15. The summed E-state index contributed by atoms with van der Waals surface area (Å²) in [7, 11) is 1.59. The number of ketones is 1. The van der Waals surface area contributed by atoms with E-state index in [9.17, 15) is 14.7 Å². The molecule has 1 fully saturated rings. The number of para-hydroxylation sites is 1. The van der Waals surface area contributed by atoms with Gasteiger partial charge in [0.1, 0.15) is 11.5 Å². The summed E-state index contributed by atoms with van der Waals surface area (Å²) in [5, 5.41) is 12.1. The van der Waals surface area contributed by atoms with Crippen molar-refractivity contribution in [1.82, 2.24) is 9.88 Å². The molecule has 7 heteroatoms. The van der Waals surface area contributed by atoms with Crippen LogP contribution < -0.4 is 4.74 Å². The van der Waals surface area contributed by atoms with E-state index in [-0.39, 0.29) is 11.3 Å². The number of hydrogen-bond acceptors (Lipinski definition) is 5. The Balaban J connectivity index is 1.80. The number of hydrogen-bond donors (Lipinski definition) is 2. The van der Waals surface area contributed by atoms with Gasteiger partial charge in [0.2, 0.25) is 0 Å². The first-order valence-corrected chi connectivity index (χ1v) is 11.1. The van der Waals surface area contributed by atoms with Crippen molar-refractivity contribution < 1.29 is 24.2 Å². The molecule has 0 aliphatic carbocycles. The van der Waals surface area contributed by atoms with Crippen LogP contribution >= 0.6 is 0 Å². The lowest BCUT2D eigenvalue weighted by Gasteiger charge is -2.25. The second kappa shape index (κ2) is 9.92. The van der Waals surface area contributed by atoms with Gasteiger partial charge in [-0.1, -0.05) is 37.3 Å². The van der Waals surface area contributed by atoms with Crippen LogP contribution in [0.25, 0.3) is 16.7 Å². The molecule has 0 saturated carbocycles. The van der Waals surface area contributed by atoms with Crippen LogP contribution in [0.3, 0.4) is 0 Å². The molecule has 1 aromatic heterocycles. The third-order valence-electron chi connectivity index (χ3n) is 5.80. The molecule has 1 aliphatic rings. The lowest BCUT2D eigenvalue weighted by Crippen LogP contribution is -2.31. The molecule has 0 radical (unpaired) electrons. The monoisotopic (exact) mass is 448 g/mol. The third-order valence-corrected chi connectivity index (χ3v) is 5.80. The summed E-state index contributed by atoms with van der Waals surface area (Å²) in [6.07, 6.45) is 3.13. The second-order valence-corrected chi connectivity index (χ2v) is 8.00. The van der Waals surface area contributed by atoms with Crippen molar-refractivity contribution in [2.45, 2.75) is 25.8 Å². The topological polar surface area (TPSA) is 91.9 Å². The highest BCUT2D eigenvalue weighted by Crippen LogP contribution is 2.41. The van der Waals surface area contributed by atoms with E-state index < -0.39 is 17.7 Å². The molecule has 2 N–H and O–H groups in total. The molecule has 4 rings (SSSR count). The van der Waals surface area contributed by atoms with Gasteiger partial charge in [0, 0.05) is 42.9 Å². The van der Waals surface area contributed by atoms with Crippen LogP contribution in [0, 0.1) is 0 Å². The number of methoxy groups -OCH3 is 1. The number of aromatic nitrogens is 1. The van der Waals surface area contributed by atoms with Gasteiger partial charge >= 0.3 is 0 Å². The standard InChI is InChI=1S/C26H28N2O5/c1-3-14-33-18-11-9-17(10-12-18)23-22(25(30)26(31)28(23)13-6-15-32-2)24(29)20-16-27-21-8-5-4-7-19(20)21/h4-5,7-12,16,23,27,29H,3,6,13-15H2,1-2H3/b24-22-. The van der Waals surface area contributed by atoms with Gasteiger partial charge in [0.05, 0.1) is 18.2 Å². The molecule has 0 bridgehead atoms. The average molecular weight is 449 g/mol. The zero-order chi connectivity index (χ0) is 23.4. The Bertz CT molecular complexity index is 1180. The molecule has 1 atom stereocenters. The second-order valence-electron chi connectivity index (χ2n) is 8.00. The quantitative estimate of drug-likeness (QED) is 0.219. The van der Waals surface area contributed by atoms with Gasteiger partial charge in [-0.2, -0.15) is 0 Å². The Kier molecular flexibility index (Phi) is 6.79. The van der Waals surface area contributed by atoms with Crippen LogP contribution in [0.15, 0.2) is 60.3 Å². The van der Waals surface area contributed by atoms with Gasteiger partial charge < -0.3 is 24.5 Å². The van der Waals surface area contributed by atoms with Crippen LogP contribution in [0.1, 0.15) is 36.9 Å². The van der Waals surface area contributed by atoms with Crippen molar-refractivity contribution in [2.75, 3.05) is 26.9 Å². The van der Waals surface area contributed by atoms with Crippen LogP contribution in [0.2, 0.25) is 0 Å². The number of benzene rings is 2. The number of carbonyl (C=O) groups is 2. The highest BCUT2D eigenvalue weighted by molar-refractivity contribution is 6.46. The van der Waals surface area contributed by atoms with Crippen LogP contribution in [-0.2, 0) is 14.3 Å². The lowest BCUT2D eigenvalue weighted by molar-refractivity contribution is -0.140. The number of fused-ring (bicyclic) bond motifs is 1. The maximum absolute atomic E-state index is 13.1. The summed E-state index contributed by atoms with van der Waals surface area (Å²) in [4.78, 5) is 30.8. The molecule has 33 heavy (non-hydrogen) atoms. The van der Waals surface area contributed by atoms with Crippen LogP contribution in [-0.4, -0.2) is 53.5 Å². The number of nitrogens with one attached hydrogen (secondary N) is 1. The number of nitrogens with zero attached hydrogens (tertiary/aromatic N) is 1. The molecular formula is C26H28N2O5. The first-order chi connectivity index (χ1) is 16.1. The third kappa shape index (κ3) is 4.36. The summed E-state index contributed by atoms with van der Waals surface area (Å²) in [6.45, 7) is 3.44. The number of Topliss-reactive ketones (excluding diaryl/α,β-unsaturated/α-hetero) is 1. The molecule has 3 aromatic rings. The van der Waals surface area contributed by atoms with Gasteiger partial charge in [-0.05, 0) is 36.6 Å². The summed E-state index contributed by atoms with van der Waals surface area (Å²) >= 11 is 0. The minimum atomic E-state index is -0.698. The van der Waals surface area contributed by atoms with E-state index in [1.165, 1.54) is 4.90 Å². The minimum absolute atomic E-state index is 0.0874. The maximum Gasteiger partial charge on any atom is 0.295 e. The number of rotatable bonds is 9. The summed E-state index contributed by atoms with van der Waals surface area (Å²) in [6, 6.07) is 14.1. The number of H-pyrrole nitrogens is 1. The number of amides is 1. The van der Waals surface area contributed by atoms with Gasteiger partial charge in [-0.15, -0.1) is 0 Å². The van der Waals surface area contributed by atoms with E-state index in [1.54, 1.807) is 13.3 Å². The molecule has 7 nitrogen and oxygen atoms in total. The van der Waals surface area contributed by atoms with E-state index >= 15 is 0 Å². The fourth-order valence-corrected chi connectivity index (χ4v) is 4.22. The van der Waals surface area contributed by atoms with Gasteiger partial charge in [-0.3, -0.25) is 9.59 Å². The maximum atomic E-state index is 13.1. The van der Waals surface area contributed by atoms with Crippen molar-refractivity contribution in [1.29, 1.82) is 0 Å².